The maximum atomic E-state index is 13.8. The van der Waals surface area contributed by atoms with E-state index in [1.54, 1.807) is 0 Å². The topological polar surface area (TPSA) is 84.7 Å². The van der Waals surface area contributed by atoms with E-state index < -0.39 is 45.4 Å². The molecular weight excluding hydrogens is 304 g/mol. The molecule has 1 aromatic carbocycles. The lowest BCUT2D eigenvalue weighted by atomic mass is 10.1. The SMILES string of the molecule is NC(=O)c1n[nH]nc1-c1cc(C(F)(F)F)cc(Cl)c1F. The number of benzene rings is 1. The third kappa shape index (κ3) is 2.44. The number of carbonyl (C=O) groups excluding carboxylic acids is 1. The van der Waals surface area contributed by atoms with E-state index in [1.807, 2.05) is 5.21 Å². The molecule has 1 amide bonds. The van der Waals surface area contributed by atoms with Crippen molar-refractivity contribution in [1.29, 1.82) is 0 Å². The van der Waals surface area contributed by atoms with Gasteiger partial charge in [0.05, 0.1) is 10.6 Å². The number of aromatic amines is 1. The number of halogens is 5. The van der Waals surface area contributed by atoms with Crippen LogP contribution in [0.2, 0.25) is 5.02 Å². The Hall–Kier alpha value is -2.16. The number of nitrogens with two attached hydrogens (primary N) is 1. The van der Waals surface area contributed by atoms with Crippen molar-refractivity contribution in [3.8, 4) is 11.3 Å². The monoisotopic (exact) mass is 308 g/mol. The van der Waals surface area contributed by atoms with Crippen molar-refractivity contribution in [2.75, 3.05) is 0 Å². The molecule has 0 spiro atoms. The lowest BCUT2D eigenvalue weighted by molar-refractivity contribution is -0.137. The number of primary amides is 1. The fraction of sp³-hybridized carbons (Fsp3) is 0.100. The summed E-state index contributed by atoms with van der Waals surface area (Å²) in [6.07, 6.45) is -4.73. The Kier molecular flexibility index (Phi) is 3.38. The van der Waals surface area contributed by atoms with E-state index in [2.05, 4.69) is 10.2 Å². The average molecular weight is 309 g/mol. The summed E-state index contributed by atoms with van der Waals surface area (Å²) in [7, 11) is 0. The van der Waals surface area contributed by atoms with Gasteiger partial charge in [0.2, 0.25) is 0 Å². The van der Waals surface area contributed by atoms with Crippen molar-refractivity contribution in [1.82, 2.24) is 15.4 Å². The van der Waals surface area contributed by atoms with Gasteiger partial charge in [-0.15, -0.1) is 0 Å². The van der Waals surface area contributed by atoms with Gasteiger partial charge in [0, 0.05) is 5.56 Å². The number of carbonyl (C=O) groups is 1. The van der Waals surface area contributed by atoms with Crippen molar-refractivity contribution in [2.45, 2.75) is 6.18 Å². The Balaban J connectivity index is 2.70. The van der Waals surface area contributed by atoms with E-state index in [9.17, 15) is 22.4 Å². The lowest BCUT2D eigenvalue weighted by Crippen LogP contribution is -2.13. The minimum Gasteiger partial charge on any atom is -0.364 e. The number of nitrogens with zero attached hydrogens (tertiary/aromatic N) is 2. The first kappa shape index (κ1) is 14.3. The largest absolute Gasteiger partial charge is 0.416 e. The highest BCUT2D eigenvalue weighted by atomic mass is 35.5. The summed E-state index contributed by atoms with van der Waals surface area (Å²) in [5, 5.41) is 8.02. The van der Waals surface area contributed by atoms with Crippen LogP contribution in [0.25, 0.3) is 11.3 Å². The molecule has 0 atom stereocenters. The summed E-state index contributed by atoms with van der Waals surface area (Å²) < 4.78 is 51.8. The predicted octanol–water partition coefficient (Wildman–Crippen LogP) is 2.38. The van der Waals surface area contributed by atoms with E-state index in [4.69, 9.17) is 17.3 Å². The molecule has 0 radical (unpaired) electrons. The van der Waals surface area contributed by atoms with Crippen molar-refractivity contribution in [3.05, 3.63) is 34.2 Å². The Morgan fingerprint density at radius 1 is 1.30 bits per heavy atom. The van der Waals surface area contributed by atoms with Gasteiger partial charge < -0.3 is 5.73 Å². The molecule has 2 aromatic rings. The van der Waals surface area contributed by atoms with Gasteiger partial charge in [0.1, 0.15) is 5.69 Å². The van der Waals surface area contributed by atoms with Gasteiger partial charge >= 0.3 is 6.18 Å². The van der Waals surface area contributed by atoms with Crippen LogP contribution in [0.15, 0.2) is 12.1 Å². The quantitative estimate of drug-likeness (QED) is 0.835. The van der Waals surface area contributed by atoms with Crippen LogP contribution in [0.3, 0.4) is 0 Å². The third-order valence-corrected chi connectivity index (χ3v) is 2.67. The maximum absolute atomic E-state index is 13.8. The number of nitrogens with one attached hydrogen (secondary N) is 1. The Morgan fingerprint density at radius 3 is 2.50 bits per heavy atom. The third-order valence-electron chi connectivity index (χ3n) is 2.39. The number of hydrogen-bond donors (Lipinski definition) is 2. The molecule has 1 heterocycles. The number of rotatable bonds is 2. The molecule has 0 bridgehead atoms. The average Bonchev–Trinajstić information content (AvgIpc) is 2.80. The molecule has 0 aliphatic rings. The van der Waals surface area contributed by atoms with Crippen molar-refractivity contribution >= 4 is 17.5 Å². The highest BCUT2D eigenvalue weighted by Gasteiger charge is 2.33. The van der Waals surface area contributed by atoms with Gasteiger partial charge in [-0.05, 0) is 12.1 Å². The molecule has 0 aliphatic heterocycles. The zero-order chi connectivity index (χ0) is 15.1. The minimum absolute atomic E-state index is 0.435. The predicted molar refractivity (Wildman–Crippen MR) is 60.3 cm³/mol. The van der Waals surface area contributed by atoms with E-state index >= 15 is 0 Å². The maximum Gasteiger partial charge on any atom is 0.416 e. The second-order valence-electron chi connectivity index (χ2n) is 3.70. The van der Waals surface area contributed by atoms with E-state index in [1.165, 1.54) is 0 Å². The lowest BCUT2D eigenvalue weighted by Gasteiger charge is -2.10. The summed E-state index contributed by atoms with van der Waals surface area (Å²) in [6.45, 7) is 0. The normalized spacial score (nSPS) is 11.7. The first-order chi connectivity index (χ1) is 9.21. The second-order valence-corrected chi connectivity index (χ2v) is 4.11. The summed E-state index contributed by atoms with van der Waals surface area (Å²) in [6, 6.07) is 0.913. The van der Waals surface area contributed by atoms with Gasteiger partial charge in [0.15, 0.2) is 11.5 Å². The smallest absolute Gasteiger partial charge is 0.364 e. The fourth-order valence-corrected chi connectivity index (χ4v) is 1.73. The molecule has 2 rings (SSSR count). The molecule has 0 saturated carbocycles. The molecule has 0 aliphatic carbocycles. The standard InChI is InChI=1S/C10H5ClF4N4O/c11-5-2-3(10(13,14)15)1-4(6(5)12)7-8(9(16)20)18-19-17-7/h1-2H,(H2,16,20)(H,17,18,19). The summed E-state index contributed by atoms with van der Waals surface area (Å²) >= 11 is 5.42. The Bertz CT molecular complexity index is 682. The van der Waals surface area contributed by atoms with Crippen LogP contribution in [-0.4, -0.2) is 21.3 Å². The first-order valence-corrected chi connectivity index (χ1v) is 5.36. The molecule has 5 nitrogen and oxygen atoms in total. The van der Waals surface area contributed by atoms with Crippen LogP contribution >= 0.6 is 11.6 Å². The van der Waals surface area contributed by atoms with Gasteiger partial charge in [0.25, 0.3) is 5.91 Å². The van der Waals surface area contributed by atoms with Crippen LogP contribution in [0, 0.1) is 5.82 Å². The van der Waals surface area contributed by atoms with Crippen LogP contribution in [0.5, 0.6) is 0 Å². The molecule has 106 valence electrons. The summed E-state index contributed by atoms with van der Waals surface area (Å²) in [4.78, 5) is 11.1. The number of H-pyrrole nitrogens is 1. The van der Waals surface area contributed by atoms with Crippen LogP contribution in [0.1, 0.15) is 16.1 Å². The van der Waals surface area contributed by atoms with Gasteiger partial charge in [-0.1, -0.05) is 11.6 Å². The zero-order valence-corrected chi connectivity index (χ0v) is 10.2. The van der Waals surface area contributed by atoms with Gasteiger partial charge in [-0.2, -0.15) is 28.6 Å². The van der Waals surface area contributed by atoms with E-state index in [0.29, 0.717) is 12.1 Å². The molecular formula is C10H5ClF4N4O. The van der Waals surface area contributed by atoms with Crippen molar-refractivity contribution < 1.29 is 22.4 Å². The molecule has 0 fully saturated rings. The highest BCUT2D eigenvalue weighted by molar-refractivity contribution is 6.31. The summed E-state index contributed by atoms with van der Waals surface area (Å²) in [5.41, 5.74) is 2.24. The van der Waals surface area contributed by atoms with Crippen molar-refractivity contribution in [2.24, 2.45) is 5.73 Å². The second kappa shape index (κ2) is 4.75. The Morgan fingerprint density at radius 2 is 1.95 bits per heavy atom. The number of alkyl halides is 3. The van der Waals surface area contributed by atoms with Gasteiger partial charge in [-0.3, -0.25) is 4.79 Å². The molecule has 20 heavy (non-hydrogen) atoms. The number of hydrogen-bond acceptors (Lipinski definition) is 3. The van der Waals surface area contributed by atoms with Crippen molar-refractivity contribution in [3.63, 3.8) is 0 Å². The zero-order valence-electron chi connectivity index (χ0n) is 9.42. The number of aromatic nitrogens is 3. The Labute approximate surface area is 113 Å². The molecule has 10 heteroatoms. The van der Waals surface area contributed by atoms with E-state index in [0.717, 1.165) is 0 Å². The first-order valence-electron chi connectivity index (χ1n) is 4.99. The van der Waals surface area contributed by atoms with Crippen LogP contribution in [-0.2, 0) is 6.18 Å². The van der Waals surface area contributed by atoms with Crippen LogP contribution in [0.4, 0.5) is 17.6 Å². The fourth-order valence-electron chi connectivity index (χ4n) is 1.52. The molecule has 1 aromatic heterocycles. The van der Waals surface area contributed by atoms with Crippen LogP contribution < -0.4 is 5.73 Å². The highest BCUT2D eigenvalue weighted by Crippen LogP contribution is 2.36. The number of amides is 1. The molecule has 0 unspecified atom stereocenters. The minimum atomic E-state index is -4.73. The molecule has 3 N–H and O–H groups in total. The molecule has 0 saturated heterocycles. The summed E-state index contributed by atoms with van der Waals surface area (Å²) in [5.74, 6) is -2.22. The van der Waals surface area contributed by atoms with E-state index in [-0.39, 0.29) is 0 Å². The van der Waals surface area contributed by atoms with Gasteiger partial charge in [-0.25, -0.2) is 4.39 Å².